The Labute approximate surface area is 161 Å². The second-order valence-electron chi connectivity index (χ2n) is 6.57. The van der Waals surface area contributed by atoms with Crippen LogP contribution in [0.25, 0.3) is 0 Å². The van der Waals surface area contributed by atoms with E-state index in [0.29, 0.717) is 22.7 Å². The maximum Gasteiger partial charge on any atom is 0.251 e. The number of amides is 2. The van der Waals surface area contributed by atoms with Crippen molar-refractivity contribution in [2.24, 2.45) is 5.73 Å². The monoisotopic (exact) mass is 390 g/mol. The fraction of sp³-hybridized carbons (Fsp3) is 0.368. The van der Waals surface area contributed by atoms with Gasteiger partial charge in [0, 0.05) is 25.2 Å². The molecule has 3 rings (SSSR count). The molecule has 1 aliphatic rings. The third kappa shape index (κ3) is 5.35. The van der Waals surface area contributed by atoms with Gasteiger partial charge in [0.25, 0.3) is 5.91 Å². The molecular weight excluding hydrogens is 367 g/mol. The van der Waals surface area contributed by atoms with Crippen molar-refractivity contribution in [3.8, 4) is 0 Å². The van der Waals surface area contributed by atoms with Gasteiger partial charge in [0.1, 0.15) is 10.8 Å². The Balaban J connectivity index is 1.50. The minimum atomic E-state index is -0.551. The Morgan fingerprint density at radius 1 is 1.11 bits per heavy atom. The molecule has 8 heteroatoms. The van der Waals surface area contributed by atoms with E-state index >= 15 is 0 Å². The Morgan fingerprint density at radius 3 is 2.63 bits per heavy atom. The highest BCUT2D eigenvalue weighted by atomic mass is 32.1. The van der Waals surface area contributed by atoms with Crippen LogP contribution < -0.4 is 11.1 Å². The molecule has 0 saturated carbocycles. The number of hydrogen-bond acceptors (Lipinski definition) is 5. The van der Waals surface area contributed by atoms with Crippen molar-refractivity contribution in [2.45, 2.75) is 13.0 Å². The first-order valence-electron chi connectivity index (χ1n) is 8.88. The van der Waals surface area contributed by atoms with E-state index < -0.39 is 5.91 Å². The van der Waals surface area contributed by atoms with Crippen molar-refractivity contribution in [2.75, 3.05) is 38.0 Å². The lowest BCUT2D eigenvalue weighted by molar-refractivity contribution is -0.117. The smallest absolute Gasteiger partial charge is 0.251 e. The second-order valence-corrected chi connectivity index (χ2v) is 7.49. The molecule has 0 unspecified atom stereocenters. The maximum atomic E-state index is 13.8. The third-order valence-electron chi connectivity index (χ3n) is 4.58. The summed E-state index contributed by atoms with van der Waals surface area (Å²) in [6.07, 6.45) is 0.910. The van der Waals surface area contributed by atoms with E-state index in [1.54, 1.807) is 17.5 Å². The summed E-state index contributed by atoms with van der Waals surface area (Å²) < 4.78 is 13.8. The maximum absolute atomic E-state index is 13.8. The predicted octanol–water partition coefficient (Wildman–Crippen LogP) is 2.13. The number of carbonyl (C=O) groups is 2. The largest absolute Gasteiger partial charge is 0.366 e. The van der Waals surface area contributed by atoms with Crippen LogP contribution in [0.2, 0.25) is 0 Å². The van der Waals surface area contributed by atoms with Gasteiger partial charge in [-0.3, -0.25) is 19.4 Å². The molecule has 1 saturated heterocycles. The number of nitrogens with zero attached hydrogens (tertiary/aromatic N) is 2. The molecule has 3 N–H and O–H groups in total. The van der Waals surface area contributed by atoms with Gasteiger partial charge in [0.05, 0.1) is 12.1 Å². The van der Waals surface area contributed by atoms with Crippen LogP contribution in [0.5, 0.6) is 0 Å². The average Bonchev–Trinajstić information content (AvgIpc) is 2.98. The van der Waals surface area contributed by atoms with Crippen molar-refractivity contribution >= 4 is 28.2 Å². The first-order chi connectivity index (χ1) is 13.0. The van der Waals surface area contributed by atoms with Gasteiger partial charge in [-0.1, -0.05) is 18.2 Å². The molecular formula is C19H23FN4O2S. The van der Waals surface area contributed by atoms with Crippen molar-refractivity contribution in [1.29, 1.82) is 0 Å². The number of anilines is 1. The summed E-state index contributed by atoms with van der Waals surface area (Å²) in [6.45, 7) is 3.99. The number of nitrogens with two attached hydrogens (primary N) is 1. The lowest BCUT2D eigenvalue weighted by Gasteiger charge is -2.21. The molecule has 0 bridgehead atoms. The molecule has 144 valence electrons. The van der Waals surface area contributed by atoms with Crippen LogP contribution in [-0.4, -0.2) is 54.3 Å². The highest BCUT2D eigenvalue weighted by Crippen LogP contribution is 2.22. The number of primary amides is 1. The molecule has 0 spiro atoms. The number of hydrogen-bond donors (Lipinski definition) is 2. The summed E-state index contributed by atoms with van der Waals surface area (Å²) in [5.41, 5.74) is 6.33. The van der Waals surface area contributed by atoms with Gasteiger partial charge in [-0.2, -0.15) is 0 Å². The van der Waals surface area contributed by atoms with Gasteiger partial charge in [0.15, 0.2) is 0 Å². The fourth-order valence-corrected chi connectivity index (χ4v) is 3.99. The Hall–Kier alpha value is -2.29. The standard InChI is InChI=1S/C19H23FN4O2S/c20-16-5-2-1-4-14(16)12-23-7-3-8-24(10-9-23)13-17(25)22-19-15(18(21)26)6-11-27-19/h1-2,4-6,11H,3,7-10,12-13H2,(H2,21,26)(H,22,25). The zero-order valence-electron chi connectivity index (χ0n) is 15.0. The molecule has 2 heterocycles. The van der Waals surface area contributed by atoms with Gasteiger partial charge >= 0.3 is 0 Å². The molecule has 27 heavy (non-hydrogen) atoms. The van der Waals surface area contributed by atoms with E-state index in [1.807, 2.05) is 12.1 Å². The Morgan fingerprint density at radius 2 is 1.85 bits per heavy atom. The third-order valence-corrected chi connectivity index (χ3v) is 5.41. The normalized spacial score (nSPS) is 16.0. The number of benzene rings is 1. The highest BCUT2D eigenvalue weighted by molar-refractivity contribution is 7.14. The van der Waals surface area contributed by atoms with E-state index in [9.17, 15) is 14.0 Å². The van der Waals surface area contributed by atoms with E-state index in [4.69, 9.17) is 5.73 Å². The van der Waals surface area contributed by atoms with Crippen molar-refractivity contribution in [3.05, 3.63) is 52.7 Å². The van der Waals surface area contributed by atoms with Crippen LogP contribution in [0.1, 0.15) is 22.3 Å². The van der Waals surface area contributed by atoms with Crippen LogP contribution in [-0.2, 0) is 11.3 Å². The summed E-state index contributed by atoms with van der Waals surface area (Å²) in [4.78, 5) is 28.0. The zero-order chi connectivity index (χ0) is 19.2. The van der Waals surface area contributed by atoms with Crippen molar-refractivity contribution < 1.29 is 14.0 Å². The minimum Gasteiger partial charge on any atom is -0.366 e. The number of halogens is 1. The van der Waals surface area contributed by atoms with Crippen LogP contribution in [0, 0.1) is 5.82 Å². The molecule has 0 atom stereocenters. The van der Waals surface area contributed by atoms with E-state index in [1.165, 1.54) is 17.4 Å². The van der Waals surface area contributed by atoms with Gasteiger partial charge in [0.2, 0.25) is 5.91 Å². The second kappa shape index (κ2) is 9.07. The molecule has 2 aromatic rings. The lowest BCUT2D eigenvalue weighted by atomic mass is 10.2. The Kier molecular flexibility index (Phi) is 6.54. The molecule has 2 amide bonds. The SMILES string of the molecule is NC(=O)c1ccsc1NC(=O)CN1CCCN(Cc2ccccc2F)CC1. The number of rotatable bonds is 6. The quantitative estimate of drug-likeness (QED) is 0.792. The van der Waals surface area contributed by atoms with Crippen LogP contribution in [0.3, 0.4) is 0 Å². The van der Waals surface area contributed by atoms with E-state index in [0.717, 1.165) is 32.6 Å². The summed E-state index contributed by atoms with van der Waals surface area (Å²) in [5.74, 6) is -0.896. The Bertz CT molecular complexity index is 811. The number of carbonyl (C=O) groups excluding carboxylic acids is 2. The highest BCUT2D eigenvalue weighted by Gasteiger charge is 2.19. The molecule has 0 radical (unpaired) electrons. The number of nitrogens with one attached hydrogen (secondary N) is 1. The average molecular weight is 390 g/mol. The van der Waals surface area contributed by atoms with Crippen LogP contribution in [0.4, 0.5) is 9.39 Å². The summed E-state index contributed by atoms with van der Waals surface area (Å²) in [7, 11) is 0. The van der Waals surface area contributed by atoms with Crippen LogP contribution in [0.15, 0.2) is 35.7 Å². The van der Waals surface area contributed by atoms with Crippen molar-refractivity contribution in [1.82, 2.24) is 9.80 Å². The summed E-state index contributed by atoms with van der Waals surface area (Å²) >= 11 is 1.28. The zero-order valence-corrected chi connectivity index (χ0v) is 15.8. The van der Waals surface area contributed by atoms with Crippen molar-refractivity contribution in [3.63, 3.8) is 0 Å². The first kappa shape index (κ1) is 19.5. The predicted molar refractivity (Wildman–Crippen MR) is 104 cm³/mol. The van der Waals surface area contributed by atoms with Crippen LogP contribution >= 0.6 is 11.3 Å². The van der Waals surface area contributed by atoms with Gasteiger partial charge in [-0.25, -0.2) is 4.39 Å². The number of thiophene rings is 1. The molecule has 1 fully saturated rings. The van der Waals surface area contributed by atoms with Gasteiger partial charge < -0.3 is 11.1 Å². The van der Waals surface area contributed by atoms with Gasteiger partial charge in [-0.15, -0.1) is 11.3 Å². The summed E-state index contributed by atoms with van der Waals surface area (Å²) in [5, 5.41) is 4.99. The summed E-state index contributed by atoms with van der Waals surface area (Å²) in [6, 6.07) is 8.43. The van der Waals surface area contributed by atoms with E-state index in [-0.39, 0.29) is 18.3 Å². The minimum absolute atomic E-state index is 0.164. The molecule has 1 aromatic carbocycles. The fourth-order valence-electron chi connectivity index (χ4n) is 3.18. The first-order valence-corrected chi connectivity index (χ1v) is 9.76. The van der Waals surface area contributed by atoms with Gasteiger partial charge in [-0.05, 0) is 37.0 Å². The molecule has 6 nitrogen and oxygen atoms in total. The van der Waals surface area contributed by atoms with E-state index in [2.05, 4.69) is 15.1 Å². The molecule has 1 aromatic heterocycles. The molecule has 0 aliphatic carbocycles. The topological polar surface area (TPSA) is 78.7 Å². The lowest BCUT2D eigenvalue weighted by Crippen LogP contribution is -2.36. The molecule has 1 aliphatic heterocycles.